The predicted octanol–water partition coefficient (Wildman–Crippen LogP) is 4.26. The van der Waals surface area contributed by atoms with Crippen molar-refractivity contribution in [2.75, 3.05) is 6.54 Å². The lowest BCUT2D eigenvalue weighted by Gasteiger charge is -2.40. The minimum Gasteiger partial charge on any atom is -0.458 e. The molecule has 1 fully saturated rings. The van der Waals surface area contributed by atoms with Crippen molar-refractivity contribution in [3.8, 4) is 0 Å². The summed E-state index contributed by atoms with van der Waals surface area (Å²) in [5.74, 6) is -0.249. The largest absolute Gasteiger partial charge is 0.458 e. The smallest absolute Gasteiger partial charge is 0.338 e. The zero-order valence-corrected chi connectivity index (χ0v) is 14.6. The molecule has 0 bridgehead atoms. The topological polar surface area (TPSA) is 29.5 Å². The van der Waals surface area contributed by atoms with Gasteiger partial charge in [-0.2, -0.15) is 0 Å². The Morgan fingerprint density at radius 1 is 1.38 bits per heavy atom. The molecule has 2 rings (SSSR count). The van der Waals surface area contributed by atoms with Gasteiger partial charge in [-0.1, -0.05) is 28.4 Å². The number of halogens is 1. The van der Waals surface area contributed by atoms with Crippen LogP contribution in [0.2, 0.25) is 0 Å². The van der Waals surface area contributed by atoms with Crippen molar-refractivity contribution in [3.05, 3.63) is 34.3 Å². The number of carbonyl (C=O) groups excluding carboxylic acids is 1. The van der Waals surface area contributed by atoms with Crippen LogP contribution >= 0.6 is 15.9 Å². The third-order valence-electron chi connectivity index (χ3n) is 4.21. The summed E-state index contributed by atoms with van der Waals surface area (Å²) >= 11 is 3.38. The monoisotopic (exact) mass is 353 g/mol. The van der Waals surface area contributed by atoms with Crippen molar-refractivity contribution in [1.82, 2.24) is 4.90 Å². The Kier molecular flexibility index (Phi) is 5.82. The number of ether oxygens (including phenoxy) is 1. The van der Waals surface area contributed by atoms with Crippen LogP contribution in [0.15, 0.2) is 28.7 Å². The molecule has 1 aliphatic heterocycles. The highest BCUT2D eigenvalue weighted by Crippen LogP contribution is 2.23. The van der Waals surface area contributed by atoms with E-state index in [0.717, 1.165) is 11.0 Å². The van der Waals surface area contributed by atoms with Crippen LogP contribution in [0.4, 0.5) is 0 Å². The molecule has 1 aliphatic rings. The first-order chi connectivity index (χ1) is 9.97. The Morgan fingerprint density at radius 3 is 2.67 bits per heavy atom. The normalized spacial score (nSPS) is 24.6. The molecule has 0 aliphatic carbocycles. The summed E-state index contributed by atoms with van der Waals surface area (Å²) in [6.07, 6.45) is 3.66. The van der Waals surface area contributed by atoms with Crippen molar-refractivity contribution in [2.24, 2.45) is 0 Å². The first-order valence-corrected chi connectivity index (χ1v) is 8.49. The van der Waals surface area contributed by atoms with E-state index in [9.17, 15) is 4.79 Å². The Hall–Kier alpha value is -0.870. The molecular formula is C17H24BrNO2. The Labute approximate surface area is 135 Å². The van der Waals surface area contributed by atoms with Crippen molar-refractivity contribution in [3.63, 3.8) is 0 Å². The lowest BCUT2D eigenvalue weighted by Crippen LogP contribution is -2.47. The Balaban J connectivity index is 1.92. The average molecular weight is 354 g/mol. The van der Waals surface area contributed by atoms with Crippen LogP contribution in [-0.2, 0) is 4.74 Å². The van der Waals surface area contributed by atoms with E-state index < -0.39 is 0 Å². The van der Waals surface area contributed by atoms with Crippen molar-refractivity contribution >= 4 is 21.9 Å². The first-order valence-electron chi connectivity index (χ1n) is 7.69. The fourth-order valence-corrected chi connectivity index (χ4v) is 3.43. The van der Waals surface area contributed by atoms with Gasteiger partial charge in [-0.05, 0) is 51.8 Å². The Morgan fingerprint density at radius 2 is 2.05 bits per heavy atom. The molecule has 3 atom stereocenters. The molecule has 21 heavy (non-hydrogen) atoms. The molecule has 0 unspecified atom stereocenters. The predicted molar refractivity (Wildman–Crippen MR) is 88.5 cm³/mol. The summed E-state index contributed by atoms with van der Waals surface area (Å²) in [6, 6.07) is 8.46. The van der Waals surface area contributed by atoms with E-state index >= 15 is 0 Å². The van der Waals surface area contributed by atoms with E-state index in [0.29, 0.717) is 17.6 Å². The second-order valence-electron chi connectivity index (χ2n) is 6.05. The fourth-order valence-electron chi connectivity index (χ4n) is 3.04. The number of piperidine rings is 1. The molecule has 1 aromatic rings. The molecule has 3 nitrogen and oxygen atoms in total. The average Bonchev–Trinajstić information content (AvgIpc) is 2.43. The summed E-state index contributed by atoms with van der Waals surface area (Å²) in [5, 5.41) is 0. The standard InChI is InChI=1S/C17H24BrNO2/c1-12-6-4-7-13(2)19(12)11-14(3)21-17(20)15-8-5-9-16(18)10-15/h5,8-10,12-14H,4,6-7,11H2,1-3H3/t12-,13-,14-/m1/s1. The third-order valence-corrected chi connectivity index (χ3v) is 4.71. The number of benzene rings is 1. The lowest BCUT2D eigenvalue weighted by atomic mass is 9.97. The van der Waals surface area contributed by atoms with E-state index in [2.05, 4.69) is 34.7 Å². The van der Waals surface area contributed by atoms with Gasteiger partial charge in [0.1, 0.15) is 6.10 Å². The molecule has 0 N–H and O–H groups in total. The van der Waals surface area contributed by atoms with Crippen LogP contribution in [0.5, 0.6) is 0 Å². The van der Waals surface area contributed by atoms with Crippen LogP contribution in [0.3, 0.4) is 0 Å². The highest BCUT2D eigenvalue weighted by molar-refractivity contribution is 9.10. The SMILES string of the molecule is C[C@H](CN1[C@H](C)CCC[C@H]1C)OC(=O)c1cccc(Br)c1. The number of esters is 1. The molecule has 4 heteroatoms. The van der Waals surface area contributed by atoms with Crippen molar-refractivity contribution in [1.29, 1.82) is 0 Å². The molecule has 0 radical (unpaired) electrons. The number of nitrogens with zero attached hydrogens (tertiary/aromatic N) is 1. The van der Waals surface area contributed by atoms with Crippen molar-refractivity contribution in [2.45, 2.75) is 58.2 Å². The van der Waals surface area contributed by atoms with E-state index in [1.54, 1.807) is 12.1 Å². The number of likely N-dealkylation sites (tertiary alicyclic amines) is 1. The van der Waals surface area contributed by atoms with Crippen LogP contribution in [0, 0.1) is 0 Å². The van der Waals surface area contributed by atoms with Gasteiger partial charge >= 0.3 is 5.97 Å². The van der Waals surface area contributed by atoms with Gasteiger partial charge in [-0.15, -0.1) is 0 Å². The molecule has 1 saturated heterocycles. The minimum absolute atomic E-state index is 0.0977. The third kappa shape index (κ3) is 4.55. The molecule has 1 heterocycles. The van der Waals surface area contributed by atoms with Gasteiger partial charge in [-0.25, -0.2) is 4.79 Å². The van der Waals surface area contributed by atoms with E-state index in [1.165, 1.54) is 19.3 Å². The number of hydrogen-bond acceptors (Lipinski definition) is 3. The van der Waals surface area contributed by atoms with Gasteiger partial charge in [0.2, 0.25) is 0 Å². The van der Waals surface area contributed by atoms with E-state index in [1.807, 2.05) is 19.1 Å². The quantitative estimate of drug-likeness (QED) is 0.757. The van der Waals surface area contributed by atoms with Gasteiger partial charge in [0.05, 0.1) is 5.56 Å². The van der Waals surface area contributed by atoms with Crippen LogP contribution in [0.1, 0.15) is 50.4 Å². The van der Waals surface area contributed by atoms with Gasteiger partial charge in [-0.3, -0.25) is 4.90 Å². The fraction of sp³-hybridized carbons (Fsp3) is 0.588. The second-order valence-corrected chi connectivity index (χ2v) is 6.97. The number of carbonyl (C=O) groups is 1. The molecule has 0 saturated carbocycles. The molecular weight excluding hydrogens is 330 g/mol. The molecule has 0 spiro atoms. The summed E-state index contributed by atoms with van der Waals surface area (Å²) in [5.41, 5.74) is 0.593. The highest BCUT2D eigenvalue weighted by Gasteiger charge is 2.26. The van der Waals surface area contributed by atoms with Crippen molar-refractivity contribution < 1.29 is 9.53 Å². The van der Waals surface area contributed by atoms with E-state index in [4.69, 9.17) is 4.74 Å². The first kappa shape index (κ1) is 16.5. The van der Waals surface area contributed by atoms with Crippen LogP contribution in [-0.4, -0.2) is 35.6 Å². The van der Waals surface area contributed by atoms with Gasteiger partial charge in [0.15, 0.2) is 0 Å². The molecule has 0 aromatic heterocycles. The van der Waals surface area contributed by atoms with Gasteiger partial charge in [0, 0.05) is 23.1 Å². The number of hydrogen-bond donors (Lipinski definition) is 0. The van der Waals surface area contributed by atoms with Gasteiger partial charge < -0.3 is 4.74 Å². The van der Waals surface area contributed by atoms with Crippen LogP contribution < -0.4 is 0 Å². The summed E-state index contributed by atoms with van der Waals surface area (Å²) in [7, 11) is 0. The summed E-state index contributed by atoms with van der Waals surface area (Å²) in [6.45, 7) is 7.31. The maximum atomic E-state index is 12.2. The minimum atomic E-state index is -0.249. The maximum absolute atomic E-state index is 12.2. The summed E-state index contributed by atoms with van der Waals surface area (Å²) in [4.78, 5) is 14.6. The second kappa shape index (κ2) is 7.41. The summed E-state index contributed by atoms with van der Waals surface area (Å²) < 4.78 is 6.48. The lowest BCUT2D eigenvalue weighted by molar-refractivity contribution is 0.00811. The zero-order chi connectivity index (χ0) is 15.4. The van der Waals surface area contributed by atoms with Crippen LogP contribution in [0.25, 0.3) is 0 Å². The zero-order valence-electron chi connectivity index (χ0n) is 13.0. The molecule has 1 aromatic carbocycles. The maximum Gasteiger partial charge on any atom is 0.338 e. The number of rotatable bonds is 4. The highest BCUT2D eigenvalue weighted by atomic mass is 79.9. The Bertz CT molecular complexity index is 481. The molecule has 116 valence electrons. The van der Waals surface area contributed by atoms with E-state index in [-0.39, 0.29) is 12.1 Å². The van der Waals surface area contributed by atoms with Gasteiger partial charge in [0.25, 0.3) is 0 Å². The molecule has 0 amide bonds.